The molecule has 1 aliphatic heterocycles. The van der Waals surface area contributed by atoms with Gasteiger partial charge in [-0.05, 0) is 31.0 Å². The van der Waals surface area contributed by atoms with Crippen LogP contribution in [-0.2, 0) is 20.0 Å². The monoisotopic (exact) mass is 328 g/mol. The highest BCUT2D eigenvalue weighted by Crippen LogP contribution is 2.36. The molecule has 1 unspecified atom stereocenters. The maximum Gasteiger partial charge on any atom is 0.139 e. The van der Waals surface area contributed by atoms with Gasteiger partial charge in [0, 0.05) is 24.7 Å². The molecule has 23 heavy (non-hydrogen) atoms. The highest BCUT2D eigenvalue weighted by Gasteiger charge is 2.21. The number of thiophene rings is 1. The van der Waals surface area contributed by atoms with Crippen molar-refractivity contribution in [2.45, 2.75) is 32.4 Å². The fourth-order valence-corrected chi connectivity index (χ4v) is 4.40. The molecule has 3 aromatic heterocycles. The predicted molar refractivity (Wildman–Crippen MR) is 92.7 cm³/mol. The Labute approximate surface area is 139 Å². The van der Waals surface area contributed by atoms with Crippen LogP contribution in [0.3, 0.4) is 0 Å². The summed E-state index contributed by atoms with van der Waals surface area (Å²) < 4.78 is 1.92. The smallest absolute Gasteiger partial charge is 0.139 e. The SMILES string of the molecule is CCC(Nc1ncnc2sc3c(c12)CCNC3)c1ccnn1C. The summed E-state index contributed by atoms with van der Waals surface area (Å²) in [5.41, 5.74) is 2.58. The fraction of sp³-hybridized carbons (Fsp3) is 0.438. The van der Waals surface area contributed by atoms with Gasteiger partial charge in [0.05, 0.1) is 17.1 Å². The molecule has 4 rings (SSSR count). The maximum atomic E-state index is 4.55. The van der Waals surface area contributed by atoms with E-state index in [2.05, 4.69) is 38.7 Å². The van der Waals surface area contributed by atoms with Crippen molar-refractivity contribution >= 4 is 27.4 Å². The van der Waals surface area contributed by atoms with E-state index in [0.717, 1.165) is 36.6 Å². The molecule has 0 saturated heterocycles. The van der Waals surface area contributed by atoms with E-state index in [1.54, 1.807) is 17.7 Å². The molecule has 6 nitrogen and oxygen atoms in total. The lowest BCUT2D eigenvalue weighted by atomic mass is 10.1. The summed E-state index contributed by atoms with van der Waals surface area (Å²) >= 11 is 1.78. The van der Waals surface area contributed by atoms with Gasteiger partial charge in [-0.15, -0.1) is 11.3 Å². The van der Waals surface area contributed by atoms with Crippen LogP contribution in [-0.4, -0.2) is 26.3 Å². The van der Waals surface area contributed by atoms with Gasteiger partial charge in [0.15, 0.2) is 0 Å². The van der Waals surface area contributed by atoms with E-state index in [1.807, 2.05) is 17.9 Å². The minimum absolute atomic E-state index is 0.192. The van der Waals surface area contributed by atoms with Crippen LogP contribution in [0.2, 0.25) is 0 Å². The van der Waals surface area contributed by atoms with Crippen LogP contribution in [0, 0.1) is 0 Å². The van der Waals surface area contributed by atoms with Crippen molar-refractivity contribution in [3.05, 3.63) is 34.7 Å². The molecular formula is C16H20N6S. The Morgan fingerprint density at radius 3 is 3.13 bits per heavy atom. The zero-order chi connectivity index (χ0) is 15.8. The number of nitrogens with one attached hydrogen (secondary N) is 2. The summed E-state index contributed by atoms with van der Waals surface area (Å²) in [6, 6.07) is 2.25. The molecule has 2 N–H and O–H groups in total. The summed E-state index contributed by atoms with van der Waals surface area (Å²) in [5.74, 6) is 0.947. The molecule has 3 aromatic rings. The molecule has 0 amide bonds. The molecule has 1 atom stereocenters. The first kappa shape index (κ1) is 14.6. The minimum atomic E-state index is 0.192. The molecule has 120 valence electrons. The Morgan fingerprint density at radius 2 is 2.35 bits per heavy atom. The van der Waals surface area contributed by atoms with Gasteiger partial charge < -0.3 is 10.6 Å². The second-order valence-corrected chi connectivity index (χ2v) is 6.90. The number of anilines is 1. The van der Waals surface area contributed by atoms with Gasteiger partial charge in [0.2, 0.25) is 0 Å². The average Bonchev–Trinajstić information content (AvgIpc) is 3.16. The number of fused-ring (bicyclic) bond motifs is 3. The summed E-state index contributed by atoms with van der Waals surface area (Å²) in [6.45, 7) is 4.14. The molecular weight excluding hydrogens is 308 g/mol. The molecule has 0 radical (unpaired) electrons. The van der Waals surface area contributed by atoms with E-state index in [-0.39, 0.29) is 6.04 Å². The Hall–Kier alpha value is -1.99. The lowest BCUT2D eigenvalue weighted by Crippen LogP contribution is -2.22. The van der Waals surface area contributed by atoms with E-state index in [4.69, 9.17) is 0 Å². The Kier molecular flexibility index (Phi) is 3.74. The lowest BCUT2D eigenvalue weighted by Gasteiger charge is -2.19. The standard InChI is InChI=1S/C16H20N6S/c1-3-11(12-5-7-20-22(12)2)21-15-14-10-4-6-17-8-13(10)23-16(14)19-9-18-15/h5,7,9,11,17H,3-4,6,8H2,1-2H3,(H,18,19,21). The maximum absolute atomic E-state index is 4.55. The zero-order valence-electron chi connectivity index (χ0n) is 13.3. The second kappa shape index (κ2) is 5.90. The molecule has 1 aliphatic rings. The molecule has 0 saturated carbocycles. The Morgan fingerprint density at radius 1 is 1.43 bits per heavy atom. The summed E-state index contributed by atoms with van der Waals surface area (Å²) in [6.07, 6.45) is 5.52. The van der Waals surface area contributed by atoms with Crippen LogP contribution in [0.5, 0.6) is 0 Å². The van der Waals surface area contributed by atoms with Crippen molar-refractivity contribution in [1.29, 1.82) is 0 Å². The van der Waals surface area contributed by atoms with Crippen molar-refractivity contribution in [2.75, 3.05) is 11.9 Å². The molecule has 0 aliphatic carbocycles. The summed E-state index contributed by atoms with van der Waals surface area (Å²) in [4.78, 5) is 11.5. The minimum Gasteiger partial charge on any atom is -0.361 e. The Bertz CT molecular complexity index is 836. The molecule has 4 heterocycles. The van der Waals surface area contributed by atoms with Crippen LogP contribution >= 0.6 is 11.3 Å². The topological polar surface area (TPSA) is 67.7 Å². The third-order valence-electron chi connectivity index (χ3n) is 4.44. The second-order valence-electron chi connectivity index (χ2n) is 5.82. The molecule has 0 bridgehead atoms. The highest BCUT2D eigenvalue weighted by atomic mass is 32.1. The first-order valence-electron chi connectivity index (χ1n) is 7.98. The molecule has 7 heteroatoms. The number of nitrogens with zero attached hydrogens (tertiary/aromatic N) is 4. The van der Waals surface area contributed by atoms with Crippen LogP contribution < -0.4 is 10.6 Å². The third-order valence-corrected chi connectivity index (χ3v) is 5.58. The fourth-order valence-electron chi connectivity index (χ4n) is 3.24. The van der Waals surface area contributed by atoms with Crippen molar-refractivity contribution in [3.8, 4) is 0 Å². The van der Waals surface area contributed by atoms with Crippen LogP contribution in [0.15, 0.2) is 18.6 Å². The van der Waals surface area contributed by atoms with Gasteiger partial charge in [-0.3, -0.25) is 4.68 Å². The third kappa shape index (κ3) is 2.49. The molecule has 0 spiro atoms. The van der Waals surface area contributed by atoms with Crippen LogP contribution in [0.25, 0.3) is 10.2 Å². The van der Waals surface area contributed by atoms with Crippen molar-refractivity contribution in [3.63, 3.8) is 0 Å². The van der Waals surface area contributed by atoms with E-state index in [9.17, 15) is 0 Å². The van der Waals surface area contributed by atoms with Crippen molar-refractivity contribution in [2.24, 2.45) is 7.05 Å². The van der Waals surface area contributed by atoms with Gasteiger partial charge in [-0.25, -0.2) is 9.97 Å². The lowest BCUT2D eigenvalue weighted by molar-refractivity contribution is 0.632. The van der Waals surface area contributed by atoms with E-state index in [1.165, 1.54) is 21.5 Å². The van der Waals surface area contributed by atoms with Gasteiger partial charge >= 0.3 is 0 Å². The van der Waals surface area contributed by atoms with E-state index >= 15 is 0 Å². The van der Waals surface area contributed by atoms with Crippen LogP contribution in [0.1, 0.15) is 35.5 Å². The number of rotatable bonds is 4. The number of hydrogen-bond acceptors (Lipinski definition) is 6. The van der Waals surface area contributed by atoms with Gasteiger partial charge in [-0.2, -0.15) is 5.10 Å². The highest BCUT2D eigenvalue weighted by molar-refractivity contribution is 7.18. The predicted octanol–water partition coefficient (Wildman–Crippen LogP) is 2.63. The average molecular weight is 328 g/mol. The molecule has 0 fully saturated rings. The van der Waals surface area contributed by atoms with Crippen molar-refractivity contribution < 1.29 is 0 Å². The first-order valence-corrected chi connectivity index (χ1v) is 8.80. The normalized spacial score (nSPS) is 15.6. The number of aromatic nitrogens is 4. The summed E-state index contributed by atoms with van der Waals surface area (Å²) in [5, 5.41) is 12.5. The summed E-state index contributed by atoms with van der Waals surface area (Å²) in [7, 11) is 1.98. The number of aryl methyl sites for hydroxylation is 1. The zero-order valence-corrected chi connectivity index (χ0v) is 14.2. The van der Waals surface area contributed by atoms with Crippen molar-refractivity contribution in [1.82, 2.24) is 25.1 Å². The van der Waals surface area contributed by atoms with Gasteiger partial charge in [0.25, 0.3) is 0 Å². The number of hydrogen-bond donors (Lipinski definition) is 2. The van der Waals surface area contributed by atoms with Gasteiger partial charge in [-0.1, -0.05) is 6.92 Å². The van der Waals surface area contributed by atoms with Crippen LogP contribution in [0.4, 0.5) is 5.82 Å². The quantitative estimate of drug-likeness (QED) is 0.770. The first-order chi connectivity index (χ1) is 11.3. The van der Waals surface area contributed by atoms with E-state index in [0.29, 0.717) is 0 Å². The largest absolute Gasteiger partial charge is 0.361 e. The Balaban J connectivity index is 1.76. The van der Waals surface area contributed by atoms with E-state index < -0.39 is 0 Å². The van der Waals surface area contributed by atoms with Gasteiger partial charge in [0.1, 0.15) is 17.0 Å². The molecule has 0 aromatic carbocycles.